The summed E-state index contributed by atoms with van der Waals surface area (Å²) < 4.78 is 16.3. The first-order valence-electron chi connectivity index (χ1n) is 8.54. The molecule has 0 amide bonds. The van der Waals surface area contributed by atoms with Crippen LogP contribution >= 0.6 is 11.3 Å². The highest BCUT2D eigenvalue weighted by molar-refractivity contribution is 7.07. The molecule has 0 saturated carbocycles. The number of thiophene rings is 1. The van der Waals surface area contributed by atoms with E-state index >= 15 is 0 Å². The van der Waals surface area contributed by atoms with E-state index < -0.39 is 0 Å². The minimum Gasteiger partial charge on any atom is -0.493 e. The zero-order valence-corrected chi connectivity index (χ0v) is 16.6. The van der Waals surface area contributed by atoms with Crippen molar-refractivity contribution in [1.29, 1.82) is 0 Å². The largest absolute Gasteiger partial charge is 0.493 e. The lowest BCUT2D eigenvalue weighted by molar-refractivity contribution is 0.322. The van der Waals surface area contributed by atoms with Gasteiger partial charge in [-0.15, -0.1) is 0 Å². The summed E-state index contributed by atoms with van der Waals surface area (Å²) >= 11 is 1.68. The third kappa shape index (κ3) is 5.29. The topological polar surface area (TPSA) is 64.1 Å². The lowest BCUT2D eigenvalue weighted by Gasteiger charge is -2.16. The predicted octanol–water partition coefficient (Wildman–Crippen LogP) is 3.07. The number of nitrogens with one attached hydrogen (secondary N) is 2. The molecule has 0 atom stereocenters. The van der Waals surface area contributed by atoms with Gasteiger partial charge >= 0.3 is 0 Å². The first-order valence-corrected chi connectivity index (χ1v) is 9.48. The summed E-state index contributed by atoms with van der Waals surface area (Å²) in [6, 6.07) is 5.98. The highest BCUT2D eigenvalue weighted by Crippen LogP contribution is 2.39. The van der Waals surface area contributed by atoms with Crippen LogP contribution in [0.25, 0.3) is 0 Å². The summed E-state index contributed by atoms with van der Waals surface area (Å²) in [4.78, 5) is 4.62. The van der Waals surface area contributed by atoms with E-state index in [0.717, 1.165) is 31.0 Å². The molecule has 0 aliphatic rings. The van der Waals surface area contributed by atoms with Crippen molar-refractivity contribution in [2.75, 3.05) is 34.4 Å². The monoisotopic (exact) mass is 377 g/mol. The van der Waals surface area contributed by atoms with Crippen LogP contribution in [0.5, 0.6) is 17.2 Å². The predicted molar refractivity (Wildman–Crippen MR) is 107 cm³/mol. The summed E-state index contributed by atoms with van der Waals surface area (Å²) in [7, 11) is 4.87. The lowest BCUT2D eigenvalue weighted by Crippen LogP contribution is -2.38. The zero-order chi connectivity index (χ0) is 18.8. The van der Waals surface area contributed by atoms with Gasteiger partial charge in [-0.2, -0.15) is 11.3 Å². The highest BCUT2D eigenvalue weighted by Gasteiger charge is 2.15. The SMILES string of the molecule is CCNC(=NCc1ccsc1)NCCc1ccc(OC)c(OC)c1OC. The maximum absolute atomic E-state index is 5.53. The zero-order valence-electron chi connectivity index (χ0n) is 15.8. The maximum atomic E-state index is 5.53. The van der Waals surface area contributed by atoms with E-state index in [1.807, 2.05) is 12.1 Å². The van der Waals surface area contributed by atoms with E-state index in [4.69, 9.17) is 14.2 Å². The van der Waals surface area contributed by atoms with E-state index in [0.29, 0.717) is 23.8 Å². The quantitative estimate of drug-likeness (QED) is 0.519. The number of ether oxygens (including phenoxy) is 3. The molecule has 0 bridgehead atoms. The summed E-state index contributed by atoms with van der Waals surface area (Å²) in [5, 5.41) is 10.8. The number of guanidine groups is 1. The normalized spacial score (nSPS) is 11.2. The van der Waals surface area contributed by atoms with Gasteiger partial charge in [-0.25, -0.2) is 4.99 Å². The second-order valence-electron chi connectivity index (χ2n) is 5.50. The first-order chi connectivity index (χ1) is 12.7. The number of hydrogen-bond donors (Lipinski definition) is 2. The molecule has 7 heteroatoms. The molecule has 2 aromatic rings. The Balaban J connectivity index is 2.01. The summed E-state index contributed by atoms with van der Waals surface area (Å²) in [6.07, 6.45) is 0.770. The molecule has 1 aromatic carbocycles. The Morgan fingerprint density at radius 3 is 2.46 bits per heavy atom. The molecule has 0 spiro atoms. The van der Waals surface area contributed by atoms with E-state index in [2.05, 4.69) is 39.4 Å². The van der Waals surface area contributed by atoms with Gasteiger partial charge in [0.1, 0.15) is 0 Å². The van der Waals surface area contributed by atoms with Gasteiger partial charge in [-0.3, -0.25) is 0 Å². The number of aliphatic imine (C=N–C) groups is 1. The van der Waals surface area contributed by atoms with Crippen LogP contribution in [-0.4, -0.2) is 40.4 Å². The molecule has 6 nitrogen and oxygen atoms in total. The van der Waals surface area contributed by atoms with Crippen molar-refractivity contribution in [2.45, 2.75) is 19.9 Å². The van der Waals surface area contributed by atoms with Crippen molar-refractivity contribution in [3.8, 4) is 17.2 Å². The van der Waals surface area contributed by atoms with E-state index in [-0.39, 0.29) is 0 Å². The van der Waals surface area contributed by atoms with Crippen LogP contribution in [-0.2, 0) is 13.0 Å². The lowest BCUT2D eigenvalue weighted by atomic mass is 10.1. The summed E-state index contributed by atoms with van der Waals surface area (Å²) in [5.74, 6) is 2.78. The number of nitrogens with zero attached hydrogens (tertiary/aromatic N) is 1. The molecule has 0 unspecified atom stereocenters. The Labute approximate surface area is 159 Å². The molecule has 1 heterocycles. The molecule has 1 aromatic heterocycles. The number of methoxy groups -OCH3 is 3. The Hall–Kier alpha value is -2.41. The Kier molecular flexibility index (Phi) is 8.08. The van der Waals surface area contributed by atoms with Crippen molar-refractivity contribution < 1.29 is 14.2 Å². The van der Waals surface area contributed by atoms with Gasteiger partial charge in [0.2, 0.25) is 5.75 Å². The Morgan fingerprint density at radius 1 is 1.04 bits per heavy atom. The smallest absolute Gasteiger partial charge is 0.203 e. The minimum atomic E-state index is 0.616. The van der Waals surface area contributed by atoms with Gasteiger partial charge in [-0.05, 0) is 41.8 Å². The van der Waals surface area contributed by atoms with E-state index in [9.17, 15) is 0 Å². The second kappa shape index (κ2) is 10.6. The molecule has 0 radical (unpaired) electrons. The molecular formula is C19H27N3O3S. The fourth-order valence-corrected chi connectivity index (χ4v) is 3.23. The number of hydrogen-bond acceptors (Lipinski definition) is 5. The highest BCUT2D eigenvalue weighted by atomic mass is 32.1. The van der Waals surface area contributed by atoms with Crippen LogP contribution in [0.4, 0.5) is 0 Å². The van der Waals surface area contributed by atoms with Crippen molar-refractivity contribution in [3.63, 3.8) is 0 Å². The molecule has 142 valence electrons. The van der Waals surface area contributed by atoms with Crippen molar-refractivity contribution in [1.82, 2.24) is 10.6 Å². The molecule has 0 aliphatic heterocycles. The first kappa shape index (κ1) is 19.9. The molecule has 26 heavy (non-hydrogen) atoms. The minimum absolute atomic E-state index is 0.616. The van der Waals surface area contributed by atoms with Gasteiger partial charge in [-0.1, -0.05) is 6.07 Å². The van der Waals surface area contributed by atoms with Gasteiger partial charge in [0.15, 0.2) is 17.5 Å². The summed E-state index contributed by atoms with van der Waals surface area (Å²) in [6.45, 7) is 4.26. The molecule has 0 saturated heterocycles. The summed E-state index contributed by atoms with van der Waals surface area (Å²) in [5.41, 5.74) is 2.26. The standard InChI is InChI=1S/C19H27N3O3S/c1-5-20-19(22-12-14-9-11-26-13-14)21-10-8-15-6-7-16(23-2)18(25-4)17(15)24-3/h6-7,9,11,13H,5,8,10,12H2,1-4H3,(H2,20,21,22). The van der Waals surface area contributed by atoms with Crippen molar-refractivity contribution >= 4 is 17.3 Å². The Morgan fingerprint density at radius 2 is 1.85 bits per heavy atom. The molecular weight excluding hydrogens is 350 g/mol. The van der Waals surface area contributed by atoms with Gasteiger partial charge < -0.3 is 24.8 Å². The van der Waals surface area contributed by atoms with E-state index in [1.54, 1.807) is 32.7 Å². The third-order valence-electron chi connectivity index (χ3n) is 3.82. The van der Waals surface area contributed by atoms with Crippen LogP contribution in [0.3, 0.4) is 0 Å². The van der Waals surface area contributed by atoms with Crippen LogP contribution in [0.1, 0.15) is 18.1 Å². The third-order valence-corrected chi connectivity index (χ3v) is 4.55. The van der Waals surface area contributed by atoms with Crippen LogP contribution in [0, 0.1) is 0 Å². The Bertz CT molecular complexity index is 702. The molecule has 2 rings (SSSR count). The van der Waals surface area contributed by atoms with Gasteiger partial charge in [0.25, 0.3) is 0 Å². The molecule has 0 fully saturated rings. The van der Waals surface area contributed by atoms with Crippen LogP contribution in [0.15, 0.2) is 34.0 Å². The molecule has 0 aliphatic carbocycles. The van der Waals surface area contributed by atoms with Crippen LogP contribution < -0.4 is 24.8 Å². The fraction of sp³-hybridized carbons (Fsp3) is 0.421. The van der Waals surface area contributed by atoms with Crippen LogP contribution in [0.2, 0.25) is 0 Å². The number of benzene rings is 1. The van der Waals surface area contributed by atoms with E-state index in [1.165, 1.54) is 5.56 Å². The molecule has 2 N–H and O–H groups in total. The van der Waals surface area contributed by atoms with Gasteiger partial charge in [0.05, 0.1) is 27.9 Å². The maximum Gasteiger partial charge on any atom is 0.203 e. The van der Waals surface area contributed by atoms with Crippen molar-refractivity contribution in [3.05, 3.63) is 40.1 Å². The second-order valence-corrected chi connectivity index (χ2v) is 6.28. The fourth-order valence-electron chi connectivity index (χ4n) is 2.57. The average molecular weight is 378 g/mol. The van der Waals surface area contributed by atoms with Gasteiger partial charge in [0, 0.05) is 18.7 Å². The average Bonchev–Trinajstić information content (AvgIpc) is 3.18. The van der Waals surface area contributed by atoms with Crippen molar-refractivity contribution in [2.24, 2.45) is 4.99 Å². The number of rotatable bonds is 9.